The number of anilines is 1. The molecule has 0 aromatic heterocycles. The fraction of sp³-hybridized carbons (Fsp3) is 0.125. The third-order valence-electron chi connectivity index (χ3n) is 2.87. The lowest BCUT2D eigenvalue weighted by molar-refractivity contribution is -0.123. The van der Waals surface area contributed by atoms with Crippen LogP contribution in [-0.2, 0) is 9.53 Å². The minimum atomic E-state index is -1.02. The number of aromatic hydroxyl groups is 1. The van der Waals surface area contributed by atoms with E-state index in [0.717, 1.165) is 0 Å². The molecule has 2 aromatic rings. The fourth-order valence-corrected chi connectivity index (χ4v) is 1.92. The maximum atomic E-state index is 12.0. The molecule has 114 valence electrons. The molecule has 0 spiro atoms. The van der Waals surface area contributed by atoms with E-state index in [1.54, 1.807) is 36.4 Å². The molecule has 0 aliphatic carbocycles. The molecule has 5 nitrogen and oxygen atoms in total. The normalized spacial score (nSPS) is 11.5. The first-order valence-electron chi connectivity index (χ1n) is 6.53. The Balaban J connectivity index is 1.99. The van der Waals surface area contributed by atoms with Crippen molar-refractivity contribution in [1.82, 2.24) is 0 Å². The quantitative estimate of drug-likeness (QED) is 0.848. The van der Waals surface area contributed by atoms with E-state index in [-0.39, 0.29) is 11.3 Å². The van der Waals surface area contributed by atoms with E-state index >= 15 is 0 Å². The summed E-state index contributed by atoms with van der Waals surface area (Å²) in [5, 5.41) is 12.7. The highest BCUT2D eigenvalue weighted by atomic mass is 35.5. The molecule has 0 unspecified atom stereocenters. The first kappa shape index (κ1) is 15.9. The zero-order valence-corrected chi connectivity index (χ0v) is 12.5. The monoisotopic (exact) mass is 319 g/mol. The summed E-state index contributed by atoms with van der Waals surface area (Å²) in [7, 11) is 0. The van der Waals surface area contributed by atoms with Crippen LogP contribution < -0.4 is 5.32 Å². The second kappa shape index (κ2) is 6.95. The second-order valence-electron chi connectivity index (χ2n) is 4.56. The van der Waals surface area contributed by atoms with Gasteiger partial charge in [-0.2, -0.15) is 0 Å². The standard InChI is InChI=1S/C16H14ClNO4/c1-10(15(20)18-12-6-4-5-11(17)9-12)22-16(21)13-7-2-3-8-14(13)19/h2-10,19H,1H3,(H,18,20)/t10-/m0/s1. The average molecular weight is 320 g/mol. The van der Waals surface area contributed by atoms with Gasteiger partial charge in [0.2, 0.25) is 0 Å². The molecular weight excluding hydrogens is 306 g/mol. The van der Waals surface area contributed by atoms with Crippen LogP contribution in [0.2, 0.25) is 5.02 Å². The van der Waals surface area contributed by atoms with Gasteiger partial charge in [-0.05, 0) is 37.3 Å². The summed E-state index contributed by atoms with van der Waals surface area (Å²) < 4.78 is 5.04. The number of phenolic OH excluding ortho intramolecular Hbond substituents is 1. The molecule has 22 heavy (non-hydrogen) atoms. The van der Waals surface area contributed by atoms with Crippen molar-refractivity contribution in [3.63, 3.8) is 0 Å². The van der Waals surface area contributed by atoms with Gasteiger partial charge in [0.1, 0.15) is 11.3 Å². The van der Waals surface area contributed by atoms with Crippen molar-refractivity contribution < 1.29 is 19.4 Å². The highest BCUT2D eigenvalue weighted by Crippen LogP contribution is 2.18. The Morgan fingerprint density at radius 1 is 1.18 bits per heavy atom. The topological polar surface area (TPSA) is 75.6 Å². The average Bonchev–Trinajstić information content (AvgIpc) is 2.47. The molecule has 0 heterocycles. The van der Waals surface area contributed by atoms with Crippen molar-refractivity contribution in [3.05, 3.63) is 59.1 Å². The zero-order valence-electron chi connectivity index (χ0n) is 11.7. The van der Waals surface area contributed by atoms with Crippen molar-refractivity contribution in [3.8, 4) is 5.75 Å². The molecule has 2 aromatic carbocycles. The number of hydrogen-bond donors (Lipinski definition) is 2. The predicted octanol–water partition coefficient (Wildman–Crippen LogP) is 3.23. The molecule has 1 amide bonds. The van der Waals surface area contributed by atoms with Gasteiger partial charge in [-0.25, -0.2) is 4.79 Å². The van der Waals surface area contributed by atoms with Crippen LogP contribution in [0.5, 0.6) is 5.75 Å². The summed E-state index contributed by atoms with van der Waals surface area (Å²) in [6.07, 6.45) is -1.02. The Kier molecular flexibility index (Phi) is 5.01. The number of rotatable bonds is 4. The maximum Gasteiger partial charge on any atom is 0.342 e. The number of halogens is 1. The van der Waals surface area contributed by atoms with E-state index in [9.17, 15) is 14.7 Å². The van der Waals surface area contributed by atoms with Crippen molar-refractivity contribution in [2.24, 2.45) is 0 Å². The minimum absolute atomic E-state index is 0.00454. The van der Waals surface area contributed by atoms with Crippen LogP contribution >= 0.6 is 11.6 Å². The summed E-state index contributed by atoms with van der Waals surface area (Å²) in [5.41, 5.74) is 0.507. The number of benzene rings is 2. The number of hydrogen-bond acceptors (Lipinski definition) is 4. The molecule has 0 radical (unpaired) electrons. The van der Waals surface area contributed by atoms with Gasteiger partial charge >= 0.3 is 5.97 Å². The summed E-state index contributed by atoms with van der Waals surface area (Å²) in [4.78, 5) is 23.9. The number of para-hydroxylation sites is 1. The highest BCUT2D eigenvalue weighted by molar-refractivity contribution is 6.30. The molecule has 1 atom stereocenters. The van der Waals surface area contributed by atoms with Crippen LogP contribution in [0.4, 0.5) is 5.69 Å². The number of amides is 1. The van der Waals surface area contributed by atoms with Crippen molar-refractivity contribution >= 4 is 29.2 Å². The van der Waals surface area contributed by atoms with E-state index in [4.69, 9.17) is 16.3 Å². The third kappa shape index (κ3) is 3.99. The second-order valence-corrected chi connectivity index (χ2v) is 5.00. The number of carbonyl (C=O) groups excluding carboxylic acids is 2. The van der Waals surface area contributed by atoms with Crippen LogP contribution in [0.25, 0.3) is 0 Å². The number of esters is 1. The summed E-state index contributed by atoms with van der Waals surface area (Å²) in [5.74, 6) is -1.46. The maximum absolute atomic E-state index is 12.0. The van der Waals surface area contributed by atoms with E-state index in [0.29, 0.717) is 10.7 Å². The van der Waals surface area contributed by atoms with Crippen LogP contribution in [0.1, 0.15) is 17.3 Å². The molecule has 0 bridgehead atoms. The smallest absolute Gasteiger partial charge is 0.342 e. The molecule has 0 saturated heterocycles. The first-order valence-corrected chi connectivity index (χ1v) is 6.90. The van der Waals surface area contributed by atoms with Gasteiger partial charge in [-0.1, -0.05) is 29.8 Å². The van der Waals surface area contributed by atoms with E-state index < -0.39 is 18.0 Å². The molecule has 0 saturated carbocycles. The Hall–Kier alpha value is -2.53. The fourth-order valence-electron chi connectivity index (χ4n) is 1.73. The SMILES string of the molecule is C[C@H](OC(=O)c1ccccc1O)C(=O)Nc1cccc(Cl)c1. The van der Waals surface area contributed by atoms with Gasteiger partial charge in [0.15, 0.2) is 6.10 Å². The van der Waals surface area contributed by atoms with Gasteiger partial charge in [-0.3, -0.25) is 4.79 Å². The highest BCUT2D eigenvalue weighted by Gasteiger charge is 2.20. The lowest BCUT2D eigenvalue weighted by Gasteiger charge is -2.14. The molecule has 0 aliphatic heterocycles. The van der Waals surface area contributed by atoms with Gasteiger partial charge < -0.3 is 15.2 Å². The van der Waals surface area contributed by atoms with Crippen molar-refractivity contribution in [2.45, 2.75) is 13.0 Å². The molecule has 2 N–H and O–H groups in total. The van der Waals surface area contributed by atoms with Crippen LogP contribution in [0.3, 0.4) is 0 Å². The number of nitrogens with one attached hydrogen (secondary N) is 1. The van der Waals surface area contributed by atoms with E-state index in [1.807, 2.05) is 0 Å². The van der Waals surface area contributed by atoms with E-state index in [2.05, 4.69) is 5.32 Å². The summed E-state index contributed by atoms with van der Waals surface area (Å²) >= 11 is 5.83. The molecule has 0 aliphatic rings. The number of ether oxygens (including phenoxy) is 1. The zero-order chi connectivity index (χ0) is 16.1. The number of carbonyl (C=O) groups is 2. The van der Waals surface area contributed by atoms with Gasteiger partial charge in [0, 0.05) is 10.7 Å². The van der Waals surface area contributed by atoms with Gasteiger partial charge in [0.05, 0.1) is 0 Å². The van der Waals surface area contributed by atoms with Crippen LogP contribution in [0.15, 0.2) is 48.5 Å². The molecular formula is C16H14ClNO4. The predicted molar refractivity (Wildman–Crippen MR) is 83.1 cm³/mol. The first-order chi connectivity index (χ1) is 10.5. The lowest BCUT2D eigenvalue weighted by atomic mass is 10.2. The summed E-state index contributed by atoms with van der Waals surface area (Å²) in [6.45, 7) is 1.44. The van der Waals surface area contributed by atoms with Crippen LogP contribution in [-0.4, -0.2) is 23.1 Å². The van der Waals surface area contributed by atoms with Crippen molar-refractivity contribution in [2.75, 3.05) is 5.32 Å². The Morgan fingerprint density at radius 3 is 2.59 bits per heavy atom. The van der Waals surface area contributed by atoms with Gasteiger partial charge in [-0.15, -0.1) is 0 Å². The van der Waals surface area contributed by atoms with Crippen LogP contribution in [0, 0.1) is 0 Å². The lowest BCUT2D eigenvalue weighted by Crippen LogP contribution is -2.30. The third-order valence-corrected chi connectivity index (χ3v) is 3.10. The van der Waals surface area contributed by atoms with Gasteiger partial charge in [0.25, 0.3) is 5.91 Å². The number of phenols is 1. The molecule has 0 fully saturated rings. The Bertz CT molecular complexity index is 702. The largest absolute Gasteiger partial charge is 0.507 e. The van der Waals surface area contributed by atoms with E-state index in [1.165, 1.54) is 19.1 Å². The van der Waals surface area contributed by atoms with Crippen molar-refractivity contribution in [1.29, 1.82) is 0 Å². The molecule has 6 heteroatoms. The molecule has 2 rings (SSSR count). The summed E-state index contributed by atoms with van der Waals surface area (Å²) in [6, 6.07) is 12.6. The minimum Gasteiger partial charge on any atom is -0.507 e. The Labute approximate surface area is 132 Å². The Morgan fingerprint density at radius 2 is 1.91 bits per heavy atom.